The van der Waals surface area contributed by atoms with E-state index < -0.39 is 61.4 Å². The van der Waals surface area contributed by atoms with E-state index in [-0.39, 0.29) is 13.2 Å². The summed E-state index contributed by atoms with van der Waals surface area (Å²) in [6.45, 7) is -0.409. The first kappa shape index (κ1) is 19.9. The molecule has 24 heavy (non-hydrogen) atoms. The number of aliphatic hydroxyl groups is 6. The van der Waals surface area contributed by atoms with E-state index in [1.807, 2.05) is 0 Å². The van der Waals surface area contributed by atoms with Crippen molar-refractivity contribution in [3.8, 4) is 0 Å². The lowest BCUT2D eigenvalue weighted by Crippen LogP contribution is -2.62. The van der Waals surface area contributed by atoms with Crippen molar-refractivity contribution in [1.29, 1.82) is 0 Å². The molecule has 2 heterocycles. The second-order valence-electron chi connectivity index (χ2n) is 5.83. The van der Waals surface area contributed by atoms with Crippen molar-refractivity contribution in [2.45, 2.75) is 61.4 Å². The monoisotopic (exact) mass is 355 g/mol. The zero-order chi connectivity index (χ0) is 18.0. The van der Waals surface area contributed by atoms with Crippen LogP contribution in [0.25, 0.3) is 0 Å². The van der Waals surface area contributed by atoms with Gasteiger partial charge in [-0.25, -0.2) is 0 Å². The fourth-order valence-corrected chi connectivity index (χ4v) is 2.74. The minimum atomic E-state index is -1.69. The van der Waals surface area contributed by atoms with E-state index >= 15 is 0 Å². The number of aliphatic hydroxyl groups excluding tert-OH is 6. The number of hydrogen-bond donors (Lipinski definition) is 7. The maximum absolute atomic E-state index is 10.0. The van der Waals surface area contributed by atoms with Crippen LogP contribution in [0.4, 0.5) is 0 Å². The van der Waals surface area contributed by atoms with E-state index in [9.17, 15) is 30.6 Å². The van der Waals surface area contributed by atoms with Gasteiger partial charge >= 0.3 is 0 Å². The van der Waals surface area contributed by atoms with Crippen molar-refractivity contribution < 1.29 is 49.6 Å². The second-order valence-corrected chi connectivity index (χ2v) is 5.83. The lowest BCUT2D eigenvalue weighted by atomic mass is 9.98. The molecule has 2 saturated heterocycles. The molecular formula is C13H25NO10. The summed E-state index contributed by atoms with van der Waals surface area (Å²) in [6.07, 6.45) is -13.2. The molecule has 0 unspecified atom stereocenters. The number of nitrogens with two attached hydrogens (primary N) is 1. The minimum absolute atomic E-state index is 0.0688. The molecule has 0 bridgehead atoms. The number of ether oxygens (including phenoxy) is 4. The Labute approximate surface area is 138 Å². The summed E-state index contributed by atoms with van der Waals surface area (Å²) < 4.78 is 20.9. The molecule has 10 atom stereocenters. The van der Waals surface area contributed by atoms with Crippen LogP contribution >= 0.6 is 0 Å². The average Bonchev–Trinajstić information content (AvgIpc) is 2.57. The molecule has 142 valence electrons. The Morgan fingerprint density at radius 1 is 0.833 bits per heavy atom. The lowest BCUT2D eigenvalue weighted by molar-refractivity contribution is -0.325. The normalized spacial score (nSPS) is 50.0. The van der Waals surface area contributed by atoms with Crippen LogP contribution in [0, 0.1) is 0 Å². The SMILES string of the molecule is CO[C@@H]1[C@@H](OC[C@H]2O[C@H](O)[C@@H](O)[C@@H](O)[C@@H]2O)O[C@H](CN)[C@@H](O)[C@@H]1O. The van der Waals surface area contributed by atoms with E-state index in [4.69, 9.17) is 24.7 Å². The van der Waals surface area contributed by atoms with E-state index in [0.29, 0.717) is 0 Å². The molecule has 11 heteroatoms. The number of hydrogen-bond acceptors (Lipinski definition) is 11. The van der Waals surface area contributed by atoms with Crippen molar-refractivity contribution in [3.05, 3.63) is 0 Å². The molecule has 0 aliphatic carbocycles. The van der Waals surface area contributed by atoms with Crippen LogP contribution in [0.2, 0.25) is 0 Å². The van der Waals surface area contributed by atoms with Gasteiger partial charge in [0.05, 0.1) is 6.61 Å². The second kappa shape index (κ2) is 8.29. The lowest BCUT2D eigenvalue weighted by Gasteiger charge is -2.43. The van der Waals surface area contributed by atoms with Gasteiger partial charge in [-0.05, 0) is 0 Å². The average molecular weight is 355 g/mol. The Morgan fingerprint density at radius 3 is 2.04 bits per heavy atom. The van der Waals surface area contributed by atoms with E-state index in [0.717, 1.165) is 0 Å². The first-order valence-electron chi connectivity index (χ1n) is 7.55. The van der Waals surface area contributed by atoms with Gasteiger partial charge in [0.1, 0.15) is 48.8 Å². The third kappa shape index (κ3) is 3.86. The molecule has 2 rings (SSSR count). The molecule has 0 amide bonds. The highest BCUT2D eigenvalue weighted by atomic mass is 16.7. The first-order chi connectivity index (χ1) is 11.3. The maximum Gasteiger partial charge on any atom is 0.186 e. The Balaban J connectivity index is 1.98. The molecule has 2 fully saturated rings. The summed E-state index contributed by atoms with van der Waals surface area (Å²) in [5.74, 6) is 0. The van der Waals surface area contributed by atoms with Gasteiger partial charge < -0.3 is 55.3 Å². The molecule has 0 radical (unpaired) electrons. The predicted octanol–water partition coefficient (Wildman–Crippen LogP) is -4.78. The topological polar surface area (TPSA) is 184 Å². The molecule has 0 aromatic rings. The van der Waals surface area contributed by atoms with Gasteiger partial charge in [-0.2, -0.15) is 0 Å². The Bertz CT molecular complexity index is 401. The minimum Gasteiger partial charge on any atom is -0.388 e. The smallest absolute Gasteiger partial charge is 0.186 e. The number of rotatable bonds is 5. The standard InChI is InChI=1S/C13H25NO10/c1-21-11-9(18)6(15)4(2-14)24-13(11)22-3-5-7(16)8(17)10(19)12(20)23-5/h4-13,15-20H,2-3,14H2,1H3/t4-,5-,6-,7-,8+,9+,10+,11+,12+,13+/m1/s1. The summed E-state index contributed by atoms with van der Waals surface area (Å²) in [5.41, 5.74) is 5.47. The number of methoxy groups -OCH3 is 1. The fraction of sp³-hybridized carbons (Fsp3) is 1.00. The van der Waals surface area contributed by atoms with Crippen LogP contribution in [0.5, 0.6) is 0 Å². The van der Waals surface area contributed by atoms with Crippen molar-refractivity contribution >= 4 is 0 Å². The maximum atomic E-state index is 10.0. The van der Waals surface area contributed by atoms with Crippen LogP contribution in [-0.2, 0) is 18.9 Å². The van der Waals surface area contributed by atoms with E-state index in [2.05, 4.69) is 0 Å². The fourth-order valence-electron chi connectivity index (χ4n) is 2.74. The van der Waals surface area contributed by atoms with Crippen LogP contribution in [-0.4, -0.2) is 112 Å². The van der Waals surface area contributed by atoms with Gasteiger partial charge in [-0.3, -0.25) is 0 Å². The van der Waals surface area contributed by atoms with Crippen molar-refractivity contribution in [1.82, 2.24) is 0 Å². The van der Waals surface area contributed by atoms with E-state index in [1.165, 1.54) is 7.11 Å². The molecule has 0 saturated carbocycles. The zero-order valence-electron chi connectivity index (χ0n) is 13.1. The summed E-state index contributed by atoms with van der Waals surface area (Å²) in [6, 6.07) is 0. The Hall–Kier alpha value is -0.440. The molecule has 0 aromatic heterocycles. The molecule has 2 aliphatic heterocycles. The molecule has 2 aliphatic rings. The summed E-state index contributed by atoms with van der Waals surface area (Å²) in [7, 11) is 1.29. The van der Waals surface area contributed by atoms with Crippen LogP contribution in [0.3, 0.4) is 0 Å². The quantitative estimate of drug-likeness (QED) is 0.251. The van der Waals surface area contributed by atoms with Crippen molar-refractivity contribution in [2.24, 2.45) is 5.73 Å². The highest BCUT2D eigenvalue weighted by Gasteiger charge is 2.47. The van der Waals surface area contributed by atoms with Gasteiger partial charge in [-0.1, -0.05) is 0 Å². The van der Waals surface area contributed by atoms with Gasteiger partial charge in [0.15, 0.2) is 12.6 Å². The highest BCUT2D eigenvalue weighted by Crippen LogP contribution is 2.25. The molecule has 8 N–H and O–H groups in total. The molecule has 0 spiro atoms. The third-order valence-corrected chi connectivity index (χ3v) is 4.26. The summed E-state index contributed by atoms with van der Waals surface area (Å²) in [5, 5.41) is 58.3. The van der Waals surface area contributed by atoms with Crippen LogP contribution in [0.15, 0.2) is 0 Å². The van der Waals surface area contributed by atoms with Gasteiger partial charge in [0.2, 0.25) is 0 Å². The Kier molecular flexibility index (Phi) is 6.87. The van der Waals surface area contributed by atoms with Gasteiger partial charge in [0, 0.05) is 13.7 Å². The van der Waals surface area contributed by atoms with E-state index in [1.54, 1.807) is 0 Å². The molecular weight excluding hydrogens is 330 g/mol. The van der Waals surface area contributed by atoms with Crippen molar-refractivity contribution in [2.75, 3.05) is 20.3 Å². The van der Waals surface area contributed by atoms with Gasteiger partial charge in [0.25, 0.3) is 0 Å². The van der Waals surface area contributed by atoms with Crippen LogP contribution < -0.4 is 5.73 Å². The zero-order valence-corrected chi connectivity index (χ0v) is 13.1. The first-order valence-corrected chi connectivity index (χ1v) is 7.55. The summed E-state index contributed by atoms with van der Waals surface area (Å²) >= 11 is 0. The Morgan fingerprint density at radius 2 is 1.46 bits per heavy atom. The highest BCUT2D eigenvalue weighted by molar-refractivity contribution is 4.92. The molecule has 0 aromatic carbocycles. The van der Waals surface area contributed by atoms with Crippen molar-refractivity contribution in [3.63, 3.8) is 0 Å². The summed E-state index contributed by atoms with van der Waals surface area (Å²) in [4.78, 5) is 0. The van der Waals surface area contributed by atoms with Gasteiger partial charge in [-0.15, -0.1) is 0 Å². The molecule has 11 nitrogen and oxygen atoms in total. The third-order valence-electron chi connectivity index (χ3n) is 4.26. The van der Waals surface area contributed by atoms with Crippen LogP contribution in [0.1, 0.15) is 0 Å². The predicted molar refractivity (Wildman–Crippen MR) is 75.4 cm³/mol. The largest absolute Gasteiger partial charge is 0.388 e.